The van der Waals surface area contributed by atoms with Crippen LogP contribution in [-0.4, -0.2) is 0 Å². The largest absolute Gasteiger partial charge is 0.456 e. The zero-order chi connectivity index (χ0) is 13.1. The molecule has 0 bridgehead atoms. The third-order valence-electron chi connectivity index (χ3n) is 3.88. The molecule has 0 radical (unpaired) electrons. The van der Waals surface area contributed by atoms with Gasteiger partial charge in [0.15, 0.2) is 0 Å². The van der Waals surface area contributed by atoms with Crippen molar-refractivity contribution in [2.24, 2.45) is 0 Å². The molecular weight excluding hydrogens is 248 g/mol. The van der Waals surface area contributed by atoms with E-state index in [1.165, 1.54) is 0 Å². The van der Waals surface area contributed by atoms with Gasteiger partial charge in [-0.15, -0.1) is 0 Å². The summed E-state index contributed by atoms with van der Waals surface area (Å²) in [5.41, 5.74) is 3.65. The van der Waals surface area contributed by atoms with Gasteiger partial charge in [-0.05, 0) is 24.3 Å². The molecule has 0 aliphatic heterocycles. The third kappa shape index (κ3) is 1.14. The minimum absolute atomic E-state index is 0.908. The molecule has 0 N–H and O–H groups in total. The molecule has 0 aliphatic rings. The van der Waals surface area contributed by atoms with Crippen molar-refractivity contribution in [3.63, 3.8) is 0 Å². The summed E-state index contributed by atoms with van der Waals surface area (Å²) in [6, 6.07) is 20.2. The fourth-order valence-electron chi connectivity index (χ4n) is 3.03. The van der Waals surface area contributed by atoms with Gasteiger partial charge in [0.05, 0.1) is 0 Å². The maximum Gasteiger partial charge on any atom is 0.136 e. The second kappa shape index (κ2) is 3.42. The number of hydrogen-bond donors (Lipinski definition) is 0. The van der Waals surface area contributed by atoms with Crippen LogP contribution in [0.15, 0.2) is 69.5 Å². The highest BCUT2D eigenvalue weighted by molar-refractivity contribution is 6.25. The SMILES string of the molecule is c1ccc2c(c1)oc1ccc3oc4ccccc4c3c12. The zero-order valence-electron chi connectivity index (χ0n) is 10.6. The lowest BCUT2D eigenvalue weighted by Gasteiger charge is -1.92. The van der Waals surface area contributed by atoms with Crippen molar-refractivity contribution in [1.82, 2.24) is 0 Å². The van der Waals surface area contributed by atoms with Gasteiger partial charge in [0.25, 0.3) is 0 Å². The highest BCUT2D eigenvalue weighted by Gasteiger charge is 2.15. The first kappa shape index (κ1) is 10.1. The molecule has 3 aromatic carbocycles. The van der Waals surface area contributed by atoms with E-state index in [1.807, 2.05) is 48.5 Å². The average molecular weight is 258 g/mol. The molecule has 0 atom stereocenters. The minimum Gasteiger partial charge on any atom is -0.456 e. The van der Waals surface area contributed by atoms with Gasteiger partial charge in [0, 0.05) is 21.5 Å². The van der Waals surface area contributed by atoms with Crippen LogP contribution in [0.2, 0.25) is 0 Å². The Labute approximate surface area is 114 Å². The number of fused-ring (bicyclic) bond motifs is 7. The van der Waals surface area contributed by atoms with E-state index >= 15 is 0 Å². The number of benzene rings is 3. The van der Waals surface area contributed by atoms with Crippen LogP contribution in [-0.2, 0) is 0 Å². The van der Waals surface area contributed by atoms with E-state index in [0.717, 1.165) is 43.9 Å². The standard InChI is InChI=1S/C18H10O2/c1-3-7-13-11(5-1)17-15(19-13)9-10-16-18(17)12-6-2-4-8-14(12)20-16/h1-10H. The lowest BCUT2D eigenvalue weighted by molar-refractivity contribution is 0.663. The molecule has 2 nitrogen and oxygen atoms in total. The van der Waals surface area contributed by atoms with Crippen LogP contribution in [0.25, 0.3) is 43.9 Å². The molecule has 5 aromatic rings. The number of hydrogen-bond acceptors (Lipinski definition) is 2. The van der Waals surface area contributed by atoms with Gasteiger partial charge in [-0.3, -0.25) is 0 Å². The smallest absolute Gasteiger partial charge is 0.136 e. The summed E-state index contributed by atoms with van der Waals surface area (Å²) in [5, 5.41) is 4.56. The molecule has 0 fully saturated rings. The van der Waals surface area contributed by atoms with Gasteiger partial charge in [-0.2, -0.15) is 0 Å². The molecule has 20 heavy (non-hydrogen) atoms. The zero-order valence-corrected chi connectivity index (χ0v) is 10.6. The number of rotatable bonds is 0. The van der Waals surface area contributed by atoms with Gasteiger partial charge in [0.2, 0.25) is 0 Å². The Morgan fingerprint density at radius 1 is 0.450 bits per heavy atom. The maximum absolute atomic E-state index is 5.94. The van der Waals surface area contributed by atoms with Crippen LogP contribution in [0.4, 0.5) is 0 Å². The molecule has 2 aromatic heterocycles. The van der Waals surface area contributed by atoms with Gasteiger partial charge >= 0.3 is 0 Å². The molecule has 0 saturated carbocycles. The van der Waals surface area contributed by atoms with Crippen molar-refractivity contribution in [2.75, 3.05) is 0 Å². The van der Waals surface area contributed by atoms with Gasteiger partial charge < -0.3 is 8.83 Å². The monoisotopic (exact) mass is 258 g/mol. The lowest BCUT2D eigenvalue weighted by atomic mass is 10.1. The molecule has 0 amide bonds. The van der Waals surface area contributed by atoms with E-state index in [4.69, 9.17) is 8.83 Å². The van der Waals surface area contributed by atoms with E-state index in [-0.39, 0.29) is 0 Å². The Hall–Kier alpha value is -2.74. The summed E-state index contributed by atoms with van der Waals surface area (Å²) in [6.45, 7) is 0. The Morgan fingerprint density at radius 2 is 0.900 bits per heavy atom. The van der Waals surface area contributed by atoms with Crippen LogP contribution in [0.3, 0.4) is 0 Å². The lowest BCUT2D eigenvalue weighted by Crippen LogP contribution is -1.70. The van der Waals surface area contributed by atoms with Crippen molar-refractivity contribution in [2.45, 2.75) is 0 Å². The fraction of sp³-hybridized carbons (Fsp3) is 0. The van der Waals surface area contributed by atoms with E-state index < -0.39 is 0 Å². The molecule has 0 unspecified atom stereocenters. The van der Waals surface area contributed by atoms with Crippen molar-refractivity contribution in [3.05, 3.63) is 60.7 Å². The first-order valence-electron chi connectivity index (χ1n) is 6.63. The topological polar surface area (TPSA) is 26.3 Å². The Kier molecular flexibility index (Phi) is 1.73. The van der Waals surface area contributed by atoms with Crippen molar-refractivity contribution in [3.8, 4) is 0 Å². The molecule has 2 heteroatoms. The summed E-state index contributed by atoms with van der Waals surface area (Å²) in [7, 11) is 0. The second-order valence-corrected chi connectivity index (χ2v) is 5.01. The van der Waals surface area contributed by atoms with E-state index in [2.05, 4.69) is 12.1 Å². The quantitative estimate of drug-likeness (QED) is 0.367. The molecule has 5 rings (SSSR count). The fourth-order valence-corrected chi connectivity index (χ4v) is 3.03. The van der Waals surface area contributed by atoms with Gasteiger partial charge in [0.1, 0.15) is 22.3 Å². The Balaban J connectivity index is 2.19. The van der Waals surface area contributed by atoms with E-state index in [1.54, 1.807) is 0 Å². The third-order valence-corrected chi connectivity index (χ3v) is 3.88. The highest BCUT2D eigenvalue weighted by Crippen LogP contribution is 2.39. The van der Waals surface area contributed by atoms with Crippen LogP contribution in [0, 0.1) is 0 Å². The maximum atomic E-state index is 5.94. The summed E-state index contributed by atoms with van der Waals surface area (Å²) in [6.07, 6.45) is 0. The molecular formula is C18H10O2. The minimum atomic E-state index is 0.908. The molecule has 2 heterocycles. The van der Waals surface area contributed by atoms with Crippen molar-refractivity contribution >= 4 is 43.9 Å². The van der Waals surface area contributed by atoms with Crippen molar-refractivity contribution in [1.29, 1.82) is 0 Å². The number of para-hydroxylation sites is 2. The van der Waals surface area contributed by atoms with Crippen LogP contribution >= 0.6 is 0 Å². The van der Waals surface area contributed by atoms with Crippen molar-refractivity contribution < 1.29 is 8.83 Å². The predicted molar refractivity (Wildman–Crippen MR) is 81.0 cm³/mol. The van der Waals surface area contributed by atoms with Crippen LogP contribution in [0.5, 0.6) is 0 Å². The Morgan fingerprint density at radius 3 is 1.40 bits per heavy atom. The Bertz CT molecular complexity index is 1010. The summed E-state index contributed by atoms with van der Waals surface area (Å²) in [4.78, 5) is 0. The second-order valence-electron chi connectivity index (χ2n) is 5.01. The summed E-state index contributed by atoms with van der Waals surface area (Å²) in [5.74, 6) is 0. The van der Waals surface area contributed by atoms with E-state index in [0.29, 0.717) is 0 Å². The van der Waals surface area contributed by atoms with Gasteiger partial charge in [-0.1, -0.05) is 36.4 Å². The first-order valence-corrected chi connectivity index (χ1v) is 6.63. The normalized spacial score (nSPS) is 12.0. The molecule has 0 saturated heterocycles. The van der Waals surface area contributed by atoms with E-state index in [9.17, 15) is 0 Å². The summed E-state index contributed by atoms with van der Waals surface area (Å²) >= 11 is 0. The van der Waals surface area contributed by atoms with Gasteiger partial charge in [-0.25, -0.2) is 0 Å². The molecule has 0 spiro atoms. The average Bonchev–Trinajstić information content (AvgIpc) is 3.04. The predicted octanol–water partition coefficient (Wildman–Crippen LogP) is 5.49. The van der Waals surface area contributed by atoms with Crippen LogP contribution in [0.1, 0.15) is 0 Å². The molecule has 94 valence electrons. The summed E-state index contributed by atoms with van der Waals surface area (Å²) < 4.78 is 11.9. The highest BCUT2D eigenvalue weighted by atomic mass is 16.3. The number of furan rings is 2. The first-order chi connectivity index (χ1) is 9.92. The van der Waals surface area contributed by atoms with Crippen LogP contribution < -0.4 is 0 Å². The molecule has 0 aliphatic carbocycles.